The highest BCUT2D eigenvalue weighted by Gasteiger charge is 2.22. The molecule has 7 heteroatoms. The molecule has 0 spiro atoms. The van der Waals surface area contributed by atoms with Gasteiger partial charge in [0, 0.05) is 0 Å². The first kappa shape index (κ1) is 11.3. The summed E-state index contributed by atoms with van der Waals surface area (Å²) in [4.78, 5) is 21.8. The van der Waals surface area contributed by atoms with Gasteiger partial charge in [0.15, 0.2) is 6.04 Å². The molecule has 0 fully saturated rings. The van der Waals surface area contributed by atoms with Crippen LogP contribution in [-0.2, 0) is 19.1 Å². The highest BCUT2D eigenvalue weighted by molar-refractivity contribution is 5.94. The lowest BCUT2D eigenvalue weighted by Crippen LogP contribution is -2.44. The number of hydrogen-bond acceptors (Lipinski definition) is 5. The molecule has 0 saturated heterocycles. The molecule has 7 nitrogen and oxygen atoms in total. The van der Waals surface area contributed by atoms with Crippen molar-refractivity contribution in [3.8, 4) is 0 Å². The first-order valence-corrected chi connectivity index (χ1v) is 4.24. The molecule has 0 radical (unpaired) electrons. The number of aliphatic carboxylic acids is 1. The molecule has 1 rings (SSSR count). The van der Waals surface area contributed by atoms with Gasteiger partial charge in [-0.15, -0.1) is 0 Å². The van der Waals surface area contributed by atoms with E-state index >= 15 is 0 Å². The second-order valence-corrected chi connectivity index (χ2v) is 2.75. The van der Waals surface area contributed by atoms with E-state index in [9.17, 15) is 9.59 Å². The molecule has 84 valence electrons. The second-order valence-electron chi connectivity index (χ2n) is 2.75. The normalized spacial score (nSPS) is 16.7. The van der Waals surface area contributed by atoms with Crippen molar-refractivity contribution in [3.63, 3.8) is 0 Å². The average Bonchev–Trinajstić information content (AvgIpc) is 2.26. The van der Waals surface area contributed by atoms with Crippen LogP contribution in [0.5, 0.6) is 0 Å². The SMILES string of the molecule is O=C(NC(CO)C(=O)O)C1=COCCO1. The van der Waals surface area contributed by atoms with Crippen molar-refractivity contribution in [1.82, 2.24) is 5.32 Å². The lowest BCUT2D eigenvalue weighted by atomic mass is 10.3. The summed E-state index contributed by atoms with van der Waals surface area (Å²) in [5.41, 5.74) is 0. The number of rotatable bonds is 4. The zero-order valence-corrected chi connectivity index (χ0v) is 7.80. The van der Waals surface area contributed by atoms with Crippen LogP contribution in [0.3, 0.4) is 0 Å². The monoisotopic (exact) mass is 217 g/mol. The Hall–Kier alpha value is -1.76. The molecule has 0 bridgehead atoms. The maximum atomic E-state index is 11.3. The molecule has 0 aromatic heterocycles. The van der Waals surface area contributed by atoms with Gasteiger partial charge in [0.05, 0.1) is 6.61 Å². The van der Waals surface area contributed by atoms with E-state index in [1.54, 1.807) is 0 Å². The van der Waals surface area contributed by atoms with Crippen LogP contribution in [0.25, 0.3) is 0 Å². The van der Waals surface area contributed by atoms with Crippen LogP contribution in [0.1, 0.15) is 0 Å². The van der Waals surface area contributed by atoms with Gasteiger partial charge in [-0.1, -0.05) is 0 Å². The predicted octanol–water partition coefficient (Wildman–Crippen LogP) is -1.56. The van der Waals surface area contributed by atoms with E-state index in [2.05, 4.69) is 5.32 Å². The van der Waals surface area contributed by atoms with E-state index in [-0.39, 0.29) is 12.4 Å². The summed E-state index contributed by atoms with van der Waals surface area (Å²) in [7, 11) is 0. The van der Waals surface area contributed by atoms with Crippen LogP contribution in [0, 0.1) is 0 Å². The number of aliphatic hydroxyl groups excluding tert-OH is 1. The fourth-order valence-electron chi connectivity index (χ4n) is 0.902. The van der Waals surface area contributed by atoms with Crippen LogP contribution >= 0.6 is 0 Å². The van der Waals surface area contributed by atoms with Gasteiger partial charge in [-0.2, -0.15) is 0 Å². The number of ether oxygens (including phenoxy) is 2. The van der Waals surface area contributed by atoms with Crippen LogP contribution in [0.15, 0.2) is 12.0 Å². The van der Waals surface area contributed by atoms with Crippen LogP contribution in [0.4, 0.5) is 0 Å². The Bertz CT molecular complexity index is 287. The molecule has 1 amide bonds. The maximum absolute atomic E-state index is 11.3. The molecular formula is C8H11NO6. The maximum Gasteiger partial charge on any atom is 0.328 e. The first-order valence-electron chi connectivity index (χ1n) is 4.24. The van der Waals surface area contributed by atoms with Crippen molar-refractivity contribution in [2.45, 2.75) is 6.04 Å². The number of carboxylic acids is 1. The fourth-order valence-corrected chi connectivity index (χ4v) is 0.902. The van der Waals surface area contributed by atoms with Gasteiger partial charge in [-0.25, -0.2) is 4.79 Å². The summed E-state index contributed by atoms with van der Waals surface area (Å²) in [5, 5.41) is 19.3. The molecule has 15 heavy (non-hydrogen) atoms. The summed E-state index contributed by atoms with van der Waals surface area (Å²) in [6, 6.07) is -1.34. The minimum absolute atomic E-state index is 0.0963. The number of nitrogens with one attached hydrogen (secondary N) is 1. The Morgan fingerprint density at radius 2 is 2.27 bits per heavy atom. The van der Waals surface area contributed by atoms with Crippen molar-refractivity contribution >= 4 is 11.9 Å². The van der Waals surface area contributed by atoms with E-state index in [1.165, 1.54) is 0 Å². The van der Waals surface area contributed by atoms with Gasteiger partial charge < -0.3 is 25.0 Å². The Morgan fingerprint density at radius 3 is 2.73 bits per heavy atom. The zero-order valence-electron chi connectivity index (χ0n) is 7.80. The number of hydrogen-bond donors (Lipinski definition) is 3. The van der Waals surface area contributed by atoms with Crippen LogP contribution in [0.2, 0.25) is 0 Å². The molecule has 1 unspecified atom stereocenters. The van der Waals surface area contributed by atoms with Gasteiger partial charge in [-0.05, 0) is 0 Å². The van der Waals surface area contributed by atoms with Gasteiger partial charge in [0.2, 0.25) is 5.76 Å². The van der Waals surface area contributed by atoms with Crippen molar-refractivity contribution in [2.24, 2.45) is 0 Å². The third-order valence-corrected chi connectivity index (χ3v) is 1.66. The quantitative estimate of drug-likeness (QED) is 0.525. The molecule has 3 N–H and O–H groups in total. The minimum atomic E-state index is -1.34. The minimum Gasteiger partial charge on any atom is -0.494 e. The average molecular weight is 217 g/mol. The number of aliphatic hydroxyl groups is 1. The van der Waals surface area contributed by atoms with Crippen LogP contribution in [-0.4, -0.2) is 48.0 Å². The van der Waals surface area contributed by atoms with E-state index in [0.29, 0.717) is 6.61 Å². The van der Waals surface area contributed by atoms with E-state index in [1.807, 2.05) is 0 Å². The van der Waals surface area contributed by atoms with Gasteiger partial charge in [-0.3, -0.25) is 4.79 Å². The molecule has 0 saturated carbocycles. The topological polar surface area (TPSA) is 105 Å². The van der Waals surface area contributed by atoms with Crippen LogP contribution < -0.4 is 5.32 Å². The van der Waals surface area contributed by atoms with Crippen molar-refractivity contribution in [1.29, 1.82) is 0 Å². The van der Waals surface area contributed by atoms with E-state index in [0.717, 1.165) is 6.26 Å². The first-order chi connectivity index (χ1) is 7.15. The summed E-state index contributed by atoms with van der Waals surface area (Å²) in [6.45, 7) is -0.107. The highest BCUT2D eigenvalue weighted by atomic mass is 16.6. The van der Waals surface area contributed by atoms with Crippen molar-refractivity contribution < 1.29 is 29.3 Å². The number of carbonyl (C=O) groups excluding carboxylic acids is 1. The summed E-state index contributed by atoms with van der Waals surface area (Å²) in [6.07, 6.45) is 1.11. The second kappa shape index (κ2) is 5.20. The van der Waals surface area contributed by atoms with Crippen molar-refractivity contribution in [2.75, 3.05) is 19.8 Å². The van der Waals surface area contributed by atoms with E-state index in [4.69, 9.17) is 19.7 Å². The smallest absolute Gasteiger partial charge is 0.328 e. The Morgan fingerprint density at radius 1 is 1.53 bits per heavy atom. The molecular weight excluding hydrogens is 206 g/mol. The molecule has 0 aromatic carbocycles. The molecule has 1 aliphatic heterocycles. The Balaban J connectivity index is 2.53. The Kier molecular flexibility index (Phi) is 3.92. The van der Waals surface area contributed by atoms with Gasteiger partial charge >= 0.3 is 5.97 Å². The summed E-state index contributed by atoms with van der Waals surface area (Å²) < 4.78 is 9.74. The summed E-state index contributed by atoms with van der Waals surface area (Å²) in [5.74, 6) is -2.14. The predicted molar refractivity (Wildman–Crippen MR) is 46.6 cm³/mol. The summed E-state index contributed by atoms with van der Waals surface area (Å²) >= 11 is 0. The molecule has 1 aliphatic rings. The third kappa shape index (κ3) is 3.13. The molecule has 0 aromatic rings. The molecule has 1 atom stereocenters. The van der Waals surface area contributed by atoms with Crippen molar-refractivity contribution in [3.05, 3.63) is 12.0 Å². The van der Waals surface area contributed by atoms with Gasteiger partial charge in [0.25, 0.3) is 5.91 Å². The lowest BCUT2D eigenvalue weighted by Gasteiger charge is -2.17. The highest BCUT2D eigenvalue weighted by Crippen LogP contribution is 2.04. The third-order valence-electron chi connectivity index (χ3n) is 1.66. The van der Waals surface area contributed by atoms with Gasteiger partial charge in [0.1, 0.15) is 19.5 Å². The fraction of sp³-hybridized carbons (Fsp3) is 0.500. The lowest BCUT2D eigenvalue weighted by molar-refractivity contribution is -0.143. The zero-order chi connectivity index (χ0) is 11.3. The van der Waals surface area contributed by atoms with E-state index < -0.39 is 24.5 Å². The number of carbonyl (C=O) groups is 2. The number of carboxylic acid groups (broad SMARTS) is 1. The number of amides is 1. The molecule has 1 heterocycles. The Labute approximate surface area is 85.3 Å². The molecule has 0 aliphatic carbocycles. The standard InChI is InChI=1S/C8H11NO6/c10-3-5(8(12)13)9-7(11)6-4-14-1-2-15-6/h4-5,10H,1-3H2,(H,9,11)(H,12,13). The largest absolute Gasteiger partial charge is 0.494 e.